The van der Waals surface area contributed by atoms with Gasteiger partial charge in [-0.1, -0.05) is 12.1 Å². The van der Waals surface area contributed by atoms with Gasteiger partial charge in [0.05, 0.1) is 5.69 Å². The van der Waals surface area contributed by atoms with Crippen molar-refractivity contribution < 1.29 is 4.79 Å². The van der Waals surface area contributed by atoms with Crippen LogP contribution < -0.4 is 0 Å². The first-order valence-electron chi connectivity index (χ1n) is 6.12. The van der Waals surface area contributed by atoms with E-state index in [1.54, 1.807) is 4.68 Å². The number of carbonyl (C=O) groups excluding carboxylic acids is 1. The Hall–Kier alpha value is -1.90. The van der Waals surface area contributed by atoms with Crippen molar-refractivity contribution in [1.29, 1.82) is 0 Å². The first kappa shape index (κ1) is 12.6. The van der Waals surface area contributed by atoms with Gasteiger partial charge in [0, 0.05) is 11.8 Å². The normalized spacial score (nSPS) is 12.4. The number of aromatic nitrogens is 2. The van der Waals surface area contributed by atoms with Crippen molar-refractivity contribution in [3.8, 4) is 0 Å². The molecular weight excluding hydrogens is 224 g/mol. The van der Waals surface area contributed by atoms with Gasteiger partial charge in [-0.15, -0.1) is 0 Å². The van der Waals surface area contributed by atoms with Gasteiger partial charge >= 0.3 is 0 Å². The number of Topliss-reactive ketones (excluding diaryl/α,β-unsaturated/α-hetero) is 1. The van der Waals surface area contributed by atoms with Crippen LogP contribution >= 0.6 is 0 Å². The minimum atomic E-state index is -0.263. The molecule has 0 fully saturated rings. The van der Waals surface area contributed by atoms with E-state index in [1.165, 1.54) is 5.56 Å². The van der Waals surface area contributed by atoms with E-state index in [2.05, 4.69) is 5.10 Å². The fraction of sp³-hybridized carbons (Fsp3) is 0.333. The van der Waals surface area contributed by atoms with E-state index in [4.69, 9.17) is 0 Å². The molecule has 0 saturated heterocycles. The molecule has 1 unspecified atom stereocenters. The zero-order chi connectivity index (χ0) is 13.3. The Morgan fingerprint density at radius 2 is 1.89 bits per heavy atom. The van der Waals surface area contributed by atoms with E-state index < -0.39 is 0 Å². The number of ketones is 1. The summed E-state index contributed by atoms with van der Waals surface area (Å²) in [5.74, 6) is 0.0983. The molecule has 94 valence electrons. The molecule has 0 N–H and O–H groups in total. The van der Waals surface area contributed by atoms with Crippen LogP contribution in [0.15, 0.2) is 30.5 Å². The second-order valence-corrected chi connectivity index (χ2v) is 4.78. The van der Waals surface area contributed by atoms with Crippen LogP contribution in [0.3, 0.4) is 0 Å². The van der Waals surface area contributed by atoms with Gasteiger partial charge in [0.1, 0.15) is 6.04 Å². The largest absolute Gasteiger partial charge is 0.292 e. The number of benzene rings is 1. The van der Waals surface area contributed by atoms with E-state index in [0.717, 1.165) is 16.8 Å². The average molecular weight is 242 g/mol. The van der Waals surface area contributed by atoms with Crippen LogP contribution in [-0.2, 0) is 0 Å². The summed E-state index contributed by atoms with van der Waals surface area (Å²) < 4.78 is 1.72. The lowest BCUT2D eigenvalue weighted by molar-refractivity contribution is 0.0928. The molecule has 0 aliphatic heterocycles. The lowest BCUT2D eigenvalue weighted by Crippen LogP contribution is -2.17. The summed E-state index contributed by atoms with van der Waals surface area (Å²) in [5.41, 5.74) is 4.02. The third kappa shape index (κ3) is 2.35. The lowest BCUT2D eigenvalue weighted by atomic mass is 10.0. The standard InChI is InChI=1S/C15H18N2O/c1-10-5-6-14(9-11(10)2)15(18)13(4)17-8-7-12(3)16-17/h5-9,13H,1-4H3. The summed E-state index contributed by atoms with van der Waals surface area (Å²) in [5, 5.41) is 4.29. The van der Waals surface area contributed by atoms with E-state index in [-0.39, 0.29) is 11.8 Å². The molecule has 0 saturated carbocycles. The number of nitrogens with zero attached hydrogens (tertiary/aromatic N) is 2. The average Bonchev–Trinajstić information content (AvgIpc) is 2.77. The molecule has 0 spiro atoms. The van der Waals surface area contributed by atoms with Crippen LogP contribution in [0, 0.1) is 20.8 Å². The lowest BCUT2D eigenvalue weighted by Gasteiger charge is -2.12. The van der Waals surface area contributed by atoms with Crippen molar-refractivity contribution in [3.63, 3.8) is 0 Å². The van der Waals surface area contributed by atoms with Crippen molar-refractivity contribution in [2.45, 2.75) is 33.7 Å². The Bertz CT molecular complexity index is 584. The molecule has 1 aromatic carbocycles. The fourth-order valence-electron chi connectivity index (χ4n) is 1.90. The Balaban J connectivity index is 2.28. The van der Waals surface area contributed by atoms with Crippen molar-refractivity contribution in [1.82, 2.24) is 9.78 Å². The SMILES string of the molecule is Cc1ccn(C(C)C(=O)c2ccc(C)c(C)c2)n1. The summed E-state index contributed by atoms with van der Waals surface area (Å²) >= 11 is 0. The summed E-state index contributed by atoms with van der Waals surface area (Å²) in [6.45, 7) is 7.87. The smallest absolute Gasteiger partial charge is 0.187 e. The number of aryl methyl sites for hydroxylation is 3. The third-order valence-corrected chi connectivity index (χ3v) is 3.31. The molecule has 0 amide bonds. The number of carbonyl (C=O) groups is 1. The first-order valence-corrected chi connectivity index (χ1v) is 6.12. The van der Waals surface area contributed by atoms with Crippen LogP contribution in [0.5, 0.6) is 0 Å². The highest BCUT2D eigenvalue weighted by atomic mass is 16.1. The highest BCUT2D eigenvalue weighted by Crippen LogP contribution is 2.16. The zero-order valence-corrected chi connectivity index (χ0v) is 11.3. The summed E-state index contributed by atoms with van der Waals surface area (Å²) in [4.78, 5) is 12.4. The van der Waals surface area contributed by atoms with Gasteiger partial charge < -0.3 is 0 Å². The molecular formula is C15H18N2O. The van der Waals surface area contributed by atoms with Crippen LogP contribution in [0.25, 0.3) is 0 Å². The maximum atomic E-state index is 12.4. The predicted octanol–water partition coefficient (Wildman–Crippen LogP) is 3.25. The molecule has 3 nitrogen and oxygen atoms in total. The van der Waals surface area contributed by atoms with Crippen LogP contribution in [0.1, 0.15) is 40.1 Å². The van der Waals surface area contributed by atoms with Gasteiger partial charge in [0.2, 0.25) is 0 Å². The monoisotopic (exact) mass is 242 g/mol. The highest BCUT2D eigenvalue weighted by molar-refractivity contribution is 5.98. The Kier molecular flexibility index (Phi) is 3.32. The number of rotatable bonds is 3. The van der Waals surface area contributed by atoms with Gasteiger partial charge in [0.25, 0.3) is 0 Å². The fourth-order valence-corrected chi connectivity index (χ4v) is 1.90. The zero-order valence-electron chi connectivity index (χ0n) is 11.3. The second-order valence-electron chi connectivity index (χ2n) is 4.78. The minimum Gasteiger partial charge on any atom is -0.292 e. The maximum Gasteiger partial charge on any atom is 0.187 e. The Labute approximate surface area is 107 Å². The topological polar surface area (TPSA) is 34.9 Å². The summed E-state index contributed by atoms with van der Waals surface area (Å²) in [6.07, 6.45) is 1.85. The number of hydrogen-bond acceptors (Lipinski definition) is 2. The molecule has 2 aromatic rings. The second kappa shape index (κ2) is 4.77. The van der Waals surface area contributed by atoms with Crippen molar-refractivity contribution in [3.05, 3.63) is 52.8 Å². The molecule has 0 aliphatic rings. The molecule has 1 atom stereocenters. The predicted molar refractivity (Wildman–Crippen MR) is 71.9 cm³/mol. The molecule has 18 heavy (non-hydrogen) atoms. The van der Waals surface area contributed by atoms with Crippen molar-refractivity contribution >= 4 is 5.78 Å². The Morgan fingerprint density at radius 3 is 2.44 bits per heavy atom. The minimum absolute atomic E-state index is 0.0983. The molecule has 0 aliphatic carbocycles. The van der Waals surface area contributed by atoms with E-state index in [1.807, 2.05) is 58.2 Å². The molecule has 2 rings (SSSR count). The molecule has 0 bridgehead atoms. The van der Waals surface area contributed by atoms with Crippen molar-refractivity contribution in [2.24, 2.45) is 0 Å². The first-order chi connectivity index (χ1) is 8.49. The molecule has 3 heteroatoms. The van der Waals surface area contributed by atoms with Gasteiger partial charge in [-0.25, -0.2) is 0 Å². The molecule has 1 heterocycles. The summed E-state index contributed by atoms with van der Waals surface area (Å²) in [7, 11) is 0. The van der Waals surface area contributed by atoms with Crippen molar-refractivity contribution in [2.75, 3.05) is 0 Å². The highest BCUT2D eigenvalue weighted by Gasteiger charge is 2.17. The van der Waals surface area contributed by atoms with E-state index >= 15 is 0 Å². The van der Waals surface area contributed by atoms with Gasteiger partial charge in [0.15, 0.2) is 5.78 Å². The summed E-state index contributed by atoms with van der Waals surface area (Å²) in [6, 6.07) is 7.47. The van der Waals surface area contributed by atoms with Crippen LogP contribution in [-0.4, -0.2) is 15.6 Å². The van der Waals surface area contributed by atoms with E-state index in [0.29, 0.717) is 0 Å². The van der Waals surface area contributed by atoms with Gasteiger partial charge in [-0.05, 0) is 51.0 Å². The molecule has 1 aromatic heterocycles. The van der Waals surface area contributed by atoms with Crippen LogP contribution in [0.2, 0.25) is 0 Å². The Morgan fingerprint density at radius 1 is 1.17 bits per heavy atom. The quantitative estimate of drug-likeness (QED) is 0.774. The van der Waals surface area contributed by atoms with Gasteiger partial charge in [-0.2, -0.15) is 5.10 Å². The maximum absolute atomic E-state index is 12.4. The van der Waals surface area contributed by atoms with Crippen LogP contribution in [0.4, 0.5) is 0 Å². The molecule has 0 radical (unpaired) electrons. The van der Waals surface area contributed by atoms with E-state index in [9.17, 15) is 4.79 Å². The number of hydrogen-bond donors (Lipinski definition) is 0. The third-order valence-electron chi connectivity index (χ3n) is 3.31. The van der Waals surface area contributed by atoms with Gasteiger partial charge in [-0.3, -0.25) is 9.48 Å².